The quantitative estimate of drug-likeness (QED) is 0.175. The molecule has 52 heavy (non-hydrogen) atoms. The Morgan fingerprint density at radius 2 is 1.92 bits per heavy atom. The predicted octanol–water partition coefficient (Wildman–Crippen LogP) is 2.45. The van der Waals surface area contributed by atoms with Gasteiger partial charge in [0.1, 0.15) is 29.0 Å². The number of nitrogens with one attached hydrogen (secondary N) is 1. The number of carbonyl (C=O) groups is 3. The second-order valence-corrected chi connectivity index (χ2v) is 18.0. The van der Waals surface area contributed by atoms with E-state index in [0.29, 0.717) is 26.1 Å². The second-order valence-electron chi connectivity index (χ2n) is 13.9. The molecule has 3 heterocycles. The number of methoxy groups -OCH3 is 2. The fraction of sp³-hybridized carbons (Fsp3) is 0.583. The lowest BCUT2D eigenvalue weighted by Crippen LogP contribution is -2.55. The Morgan fingerprint density at radius 3 is 2.65 bits per heavy atom. The molecule has 4 N–H and O–H groups in total. The van der Waals surface area contributed by atoms with Crippen LogP contribution in [0.5, 0.6) is 17.2 Å². The van der Waals surface area contributed by atoms with Crippen LogP contribution in [0.15, 0.2) is 18.2 Å². The Balaban J connectivity index is 1.26. The normalized spacial score (nSPS) is 31.5. The lowest BCUT2D eigenvalue weighted by Gasteiger charge is -2.43. The maximum atomic E-state index is 14.1. The molecular formula is C36H44AlN2O12S. The highest BCUT2D eigenvalue weighted by molar-refractivity contribution is 8.22. The van der Waals surface area contributed by atoms with Gasteiger partial charge in [0.15, 0.2) is 24.6 Å². The van der Waals surface area contributed by atoms with Crippen LogP contribution in [0, 0.1) is 0 Å². The average Bonchev–Trinajstić information content (AvgIpc) is 3.52. The zero-order chi connectivity index (χ0) is 37.1. The van der Waals surface area contributed by atoms with E-state index in [1.165, 1.54) is 19.2 Å². The fourth-order valence-electron chi connectivity index (χ4n) is 8.21. The van der Waals surface area contributed by atoms with Crippen molar-refractivity contribution in [3.63, 3.8) is 0 Å². The van der Waals surface area contributed by atoms with Crippen molar-refractivity contribution < 1.29 is 58.1 Å². The summed E-state index contributed by atoms with van der Waals surface area (Å²) >= 11 is 0.166. The van der Waals surface area contributed by atoms with E-state index < -0.39 is 83.1 Å². The Kier molecular flexibility index (Phi) is 10.7. The number of ketones is 2. The van der Waals surface area contributed by atoms with Crippen molar-refractivity contribution in [2.24, 2.45) is 0 Å². The van der Waals surface area contributed by atoms with E-state index in [-0.39, 0.29) is 65.9 Å². The smallest absolute Gasteiger partial charge is 0.300 e. The molecule has 0 saturated carbocycles. The topological polar surface area (TPSA) is 183 Å². The molecular weight excluding hydrogens is 711 g/mol. The molecule has 2 aromatic carbocycles. The molecule has 1 radical (unpaired) electrons. The monoisotopic (exact) mass is 755 g/mol. The number of carbonyl (C=O) groups excluding carboxylic acids is 3. The lowest BCUT2D eigenvalue weighted by atomic mass is 9.72. The first-order valence-corrected chi connectivity index (χ1v) is 20.8. The summed E-state index contributed by atoms with van der Waals surface area (Å²) in [6.07, 6.45) is -4.38. The Morgan fingerprint density at radius 1 is 1.15 bits per heavy atom. The van der Waals surface area contributed by atoms with Crippen LogP contribution < -0.4 is 10.1 Å². The number of fused-ring (bicyclic) bond motifs is 6. The molecule has 14 nitrogen and oxygen atoms in total. The van der Waals surface area contributed by atoms with Gasteiger partial charge in [-0.15, -0.1) is 0 Å². The van der Waals surface area contributed by atoms with E-state index in [2.05, 4.69) is 17.1 Å². The highest BCUT2D eigenvalue weighted by atomic mass is 32.3. The number of amides is 1. The van der Waals surface area contributed by atoms with Gasteiger partial charge in [-0.3, -0.25) is 29.4 Å². The van der Waals surface area contributed by atoms with Gasteiger partial charge < -0.3 is 49.1 Å². The molecule has 1 unspecified atom stereocenters. The number of rotatable bonds is 10. The van der Waals surface area contributed by atoms with Crippen molar-refractivity contribution in [2.45, 2.75) is 99.3 Å². The number of aromatic hydroxyl groups is 2. The van der Waals surface area contributed by atoms with E-state index >= 15 is 0 Å². The molecule has 0 spiro atoms. The van der Waals surface area contributed by atoms with Gasteiger partial charge in [0.25, 0.3) is 5.91 Å². The third-order valence-corrected chi connectivity index (χ3v) is 14.8. The number of phenolic OH excluding ortho intramolecular Hbond substituents is 2. The van der Waals surface area contributed by atoms with Gasteiger partial charge in [-0.25, -0.2) is 0 Å². The average molecular weight is 756 g/mol. The largest absolute Gasteiger partial charge is 0.507 e. The molecule has 2 aliphatic carbocycles. The Bertz CT molecular complexity index is 1760. The van der Waals surface area contributed by atoms with Crippen molar-refractivity contribution in [1.29, 1.82) is 0 Å². The number of aliphatic hydroxyl groups is 1. The maximum absolute atomic E-state index is 14.1. The summed E-state index contributed by atoms with van der Waals surface area (Å²) in [5.41, 5.74) is -3.00. The van der Waals surface area contributed by atoms with Gasteiger partial charge in [0, 0.05) is 62.2 Å². The first kappa shape index (κ1) is 37.6. The highest BCUT2D eigenvalue weighted by Gasteiger charge is 2.55. The van der Waals surface area contributed by atoms with E-state index in [9.17, 15) is 29.7 Å². The van der Waals surface area contributed by atoms with Crippen molar-refractivity contribution in [3.05, 3.63) is 51.6 Å². The zero-order valence-corrected chi connectivity index (χ0v) is 31.7. The summed E-state index contributed by atoms with van der Waals surface area (Å²) in [4.78, 5) is 44.0. The minimum atomic E-state index is -2.11. The van der Waals surface area contributed by atoms with Gasteiger partial charge in [-0.1, -0.05) is 31.3 Å². The summed E-state index contributed by atoms with van der Waals surface area (Å²) in [6, 6.07) is 4.38. The van der Waals surface area contributed by atoms with Crippen LogP contribution in [0.3, 0.4) is 0 Å². The molecule has 1 amide bonds. The van der Waals surface area contributed by atoms with Gasteiger partial charge in [-0.2, -0.15) is 0 Å². The Labute approximate surface area is 311 Å². The van der Waals surface area contributed by atoms with Crippen LogP contribution in [0.4, 0.5) is 0 Å². The number of morpholine rings is 1. The van der Waals surface area contributed by atoms with Crippen LogP contribution in [-0.2, 0) is 34.9 Å². The fourth-order valence-corrected chi connectivity index (χ4v) is 10.8. The third-order valence-electron chi connectivity index (χ3n) is 10.6. The van der Waals surface area contributed by atoms with E-state index in [1.54, 1.807) is 23.3 Å². The Hall–Kier alpha value is -2.75. The van der Waals surface area contributed by atoms with E-state index in [4.69, 9.17) is 28.4 Å². The van der Waals surface area contributed by atoms with Crippen LogP contribution in [0.1, 0.15) is 82.7 Å². The van der Waals surface area contributed by atoms with Crippen molar-refractivity contribution in [2.75, 3.05) is 33.9 Å². The van der Waals surface area contributed by atoms with Gasteiger partial charge >= 0.3 is 14.1 Å². The summed E-state index contributed by atoms with van der Waals surface area (Å²) in [7, 11) is 4.70. The van der Waals surface area contributed by atoms with Crippen LogP contribution in [0.2, 0.25) is 5.28 Å². The van der Waals surface area contributed by atoms with Gasteiger partial charge in [0.05, 0.1) is 42.6 Å². The molecule has 5 aliphatic rings. The molecule has 3 aliphatic heterocycles. The van der Waals surface area contributed by atoms with E-state index in [0.717, 1.165) is 5.28 Å². The van der Waals surface area contributed by atoms with E-state index in [1.807, 2.05) is 13.8 Å². The summed E-state index contributed by atoms with van der Waals surface area (Å²) in [5.74, 6) is -3.13. The summed E-state index contributed by atoms with van der Waals surface area (Å²) in [5, 5.41) is 40.0. The second kappa shape index (κ2) is 14.8. The molecule has 2 aromatic rings. The molecule has 9 atom stereocenters. The molecule has 3 fully saturated rings. The highest BCUT2D eigenvalue weighted by Crippen LogP contribution is 2.53. The first-order valence-electron chi connectivity index (χ1n) is 17.6. The predicted molar refractivity (Wildman–Crippen MR) is 188 cm³/mol. The standard InChI is InChI=1S/C34H40N2O12S.C2H5.Al/c1-14(49)13-35-33(41)34(42)11-17-23(29(40)25-24(27(17)38)26(37)16-6-5-7-19(43-3)22(16)28(25)39)20(12-34)47-21-10-18-30(15(2)46-21)48-31-32(44-4)45-9-8-36(18)31;1-2;/h5-7,14-15,18,20-21,30-32,38,40,42,49H,8-13H2,1-4H3,(H,35,41);1H2,2H3;/q;;+1/p-1/t14?,15-,18-,20-,21-,30+,31+,32-,34-;;/m0../s1. The minimum Gasteiger partial charge on any atom is -0.507 e. The van der Waals surface area contributed by atoms with Crippen molar-refractivity contribution >= 4 is 41.7 Å². The molecule has 16 heteroatoms. The number of phenols is 2. The van der Waals surface area contributed by atoms with Gasteiger partial charge in [-0.05, 0) is 18.2 Å². The van der Waals surface area contributed by atoms with Gasteiger partial charge in [0.2, 0.25) is 5.78 Å². The summed E-state index contributed by atoms with van der Waals surface area (Å²) in [6.45, 7) is 7.31. The van der Waals surface area contributed by atoms with Crippen molar-refractivity contribution in [3.8, 4) is 17.2 Å². The van der Waals surface area contributed by atoms with Crippen molar-refractivity contribution in [1.82, 2.24) is 10.2 Å². The third kappa shape index (κ3) is 6.34. The molecule has 279 valence electrons. The van der Waals surface area contributed by atoms with Crippen LogP contribution in [-0.4, -0.2) is 134 Å². The first-order chi connectivity index (χ1) is 24.9. The molecule has 3 saturated heterocycles. The number of hydrogen-bond acceptors (Lipinski definition) is 14. The summed E-state index contributed by atoms with van der Waals surface area (Å²) < 4.78 is 35.9. The number of hydrogen-bond donors (Lipinski definition) is 4. The van der Waals surface area contributed by atoms with Crippen LogP contribution >= 0.6 is 10.1 Å². The molecule has 7 rings (SSSR count). The number of benzene rings is 2. The zero-order valence-electron chi connectivity index (χ0n) is 29.7. The lowest BCUT2D eigenvalue weighted by molar-refractivity contribution is -0.256. The number of nitrogens with zero attached hydrogens (tertiary/aromatic N) is 1. The number of ether oxygens (including phenoxy) is 6. The minimum absolute atomic E-state index is 0.00105. The molecule has 0 bridgehead atoms. The molecule has 0 aromatic heterocycles. The SMILES string of the molecule is C[CH2][Al][S]C(C)CNC(=O)[C@]1(O)Cc2c(O)c3c(c(O)c2[C@@H](O[C@H]2C[C@H]4[C@H](O[C@@H]5[C@@H](OC)OCCN54)[C@H](C)O2)C1)C(=O)c1c(OC)cccc1C3=O. The van der Waals surface area contributed by atoms with Crippen LogP contribution in [0.25, 0.3) is 0 Å². The maximum Gasteiger partial charge on any atom is 0.300 e.